The number of anilines is 1. The van der Waals surface area contributed by atoms with Crippen LogP contribution in [0.4, 0.5) is 5.00 Å². The molecule has 0 saturated heterocycles. The van der Waals surface area contributed by atoms with Crippen molar-refractivity contribution in [3.63, 3.8) is 0 Å². The van der Waals surface area contributed by atoms with Crippen LogP contribution in [0.25, 0.3) is 10.4 Å². The molecule has 16 heavy (non-hydrogen) atoms. The van der Waals surface area contributed by atoms with Gasteiger partial charge in [0.15, 0.2) is 0 Å². The number of benzene rings is 1. The summed E-state index contributed by atoms with van der Waals surface area (Å²) in [5.41, 5.74) is 8.42. The van der Waals surface area contributed by atoms with Gasteiger partial charge in [-0.2, -0.15) is 0 Å². The van der Waals surface area contributed by atoms with Gasteiger partial charge in [0.1, 0.15) is 0 Å². The van der Waals surface area contributed by atoms with Crippen LogP contribution in [-0.4, -0.2) is 0 Å². The maximum absolute atomic E-state index is 5.73. The van der Waals surface area contributed by atoms with E-state index in [9.17, 15) is 0 Å². The molecule has 84 valence electrons. The molecular formula is C14H17NS. The Hall–Kier alpha value is -1.28. The molecule has 0 aliphatic carbocycles. The lowest BCUT2D eigenvalue weighted by molar-refractivity contribution is 0.795. The molecule has 0 aliphatic heterocycles. The molecule has 0 radical (unpaired) electrons. The maximum atomic E-state index is 5.73. The van der Waals surface area contributed by atoms with Gasteiger partial charge in [-0.3, -0.25) is 0 Å². The molecule has 0 aliphatic rings. The lowest BCUT2D eigenvalue weighted by Gasteiger charge is -2.01. The number of rotatable bonds is 4. The normalized spacial score (nSPS) is 10.6. The quantitative estimate of drug-likeness (QED) is 0.832. The topological polar surface area (TPSA) is 26.0 Å². The Morgan fingerprint density at radius 2 is 1.81 bits per heavy atom. The summed E-state index contributed by atoms with van der Waals surface area (Å²) < 4.78 is 0. The zero-order chi connectivity index (χ0) is 11.4. The molecule has 2 rings (SSSR count). The van der Waals surface area contributed by atoms with Gasteiger partial charge in [0.05, 0.1) is 5.00 Å². The smallest absolute Gasteiger partial charge is 0.0862 e. The van der Waals surface area contributed by atoms with Crippen LogP contribution >= 0.6 is 11.3 Å². The van der Waals surface area contributed by atoms with Gasteiger partial charge in [0.2, 0.25) is 0 Å². The average molecular weight is 231 g/mol. The first kappa shape index (κ1) is 11.2. The highest BCUT2D eigenvalue weighted by molar-refractivity contribution is 7.19. The van der Waals surface area contributed by atoms with Crippen LogP contribution in [0.5, 0.6) is 0 Å². The predicted molar refractivity (Wildman–Crippen MR) is 72.8 cm³/mol. The SMILES string of the molecule is CCCCc1ccc(-c2ccc(N)s2)cc1. The van der Waals surface area contributed by atoms with Crippen LogP contribution in [0.15, 0.2) is 36.4 Å². The third-order valence-electron chi connectivity index (χ3n) is 2.68. The Morgan fingerprint density at radius 3 is 2.38 bits per heavy atom. The van der Waals surface area contributed by atoms with Gasteiger partial charge in [-0.1, -0.05) is 37.6 Å². The first-order valence-electron chi connectivity index (χ1n) is 5.74. The van der Waals surface area contributed by atoms with Crippen LogP contribution in [0.2, 0.25) is 0 Å². The Morgan fingerprint density at radius 1 is 1.06 bits per heavy atom. The molecule has 0 spiro atoms. The fourth-order valence-corrected chi connectivity index (χ4v) is 2.50. The standard InChI is InChI=1S/C14H17NS/c1-2-3-4-11-5-7-12(8-6-11)13-9-10-14(15)16-13/h5-10H,2-4,15H2,1H3. The summed E-state index contributed by atoms with van der Waals surface area (Å²) in [5.74, 6) is 0. The van der Waals surface area contributed by atoms with Crippen LogP contribution in [0.1, 0.15) is 25.3 Å². The molecule has 1 aromatic carbocycles. The molecule has 0 atom stereocenters. The van der Waals surface area contributed by atoms with E-state index < -0.39 is 0 Å². The summed E-state index contributed by atoms with van der Waals surface area (Å²) in [6, 6.07) is 12.9. The van der Waals surface area contributed by atoms with E-state index >= 15 is 0 Å². The van der Waals surface area contributed by atoms with Gasteiger partial charge in [-0.05, 0) is 36.1 Å². The minimum Gasteiger partial charge on any atom is -0.391 e. The van der Waals surface area contributed by atoms with Crippen molar-refractivity contribution in [2.75, 3.05) is 5.73 Å². The van der Waals surface area contributed by atoms with Crippen LogP contribution in [0.3, 0.4) is 0 Å². The lowest BCUT2D eigenvalue weighted by Crippen LogP contribution is -1.83. The van der Waals surface area contributed by atoms with Gasteiger partial charge in [0, 0.05) is 4.88 Å². The van der Waals surface area contributed by atoms with Gasteiger partial charge in [-0.25, -0.2) is 0 Å². The second kappa shape index (κ2) is 5.17. The number of unbranched alkanes of at least 4 members (excludes halogenated alkanes) is 1. The highest BCUT2D eigenvalue weighted by Gasteiger charge is 2.00. The van der Waals surface area contributed by atoms with E-state index in [0.29, 0.717) is 0 Å². The summed E-state index contributed by atoms with van der Waals surface area (Å²) >= 11 is 1.64. The van der Waals surface area contributed by atoms with E-state index in [-0.39, 0.29) is 0 Å². The summed E-state index contributed by atoms with van der Waals surface area (Å²) in [6.07, 6.45) is 3.71. The van der Waals surface area contributed by atoms with Crippen molar-refractivity contribution in [3.8, 4) is 10.4 Å². The van der Waals surface area contributed by atoms with Gasteiger partial charge < -0.3 is 5.73 Å². The van der Waals surface area contributed by atoms with E-state index in [1.54, 1.807) is 11.3 Å². The molecule has 0 amide bonds. The molecule has 1 aromatic heterocycles. The lowest BCUT2D eigenvalue weighted by atomic mass is 10.1. The van der Waals surface area contributed by atoms with Crippen molar-refractivity contribution in [1.29, 1.82) is 0 Å². The molecule has 0 bridgehead atoms. The third kappa shape index (κ3) is 2.64. The number of nitrogens with two attached hydrogens (primary N) is 1. The van der Waals surface area contributed by atoms with Gasteiger partial charge in [0.25, 0.3) is 0 Å². The van der Waals surface area contributed by atoms with Crippen LogP contribution < -0.4 is 5.73 Å². The van der Waals surface area contributed by atoms with Crippen molar-refractivity contribution in [1.82, 2.24) is 0 Å². The Balaban J connectivity index is 2.13. The molecule has 0 fully saturated rings. The molecule has 0 saturated carbocycles. The van der Waals surface area contributed by atoms with E-state index in [0.717, 1.165) is 5.00 Å². The first-order valence-corrected chi connectivity index (χ1v) is 6.56. The number of thiophene rings is 1. The average Bonchev–Trinajstić information content (AvgIpc) is 2.74. The van der Waals surface area contributed by atoms with E-state index in [1.807, 2.05) is 6.07 Å². The molecule has 0 unspecified atom stereocenters. The number of aryl methyl sites for hydroxylation is 1. The van der Waals surface area contributed by atoms with Crippen molar-refractivity contribution in [3.05, 3.63) is 42.0 Å². The fraction of sp³-hybridized carbons (Fsp3) is 0.286. The third-order valence-corrected chi connectivity index (χ3v) is 3.65. The Labute approximate surface area is 101 Å². The van der Waals surface area contributed by atoms with E-state index in [2.05, 4.69) is 37.3 Å². The van der Waals surface area contributed by atoms with E-state index in [1.165, 1.54) is 35.3 Å². The molecule has 2 aromatic rings. The fourth-order valence-electron chi connectivity index (χ4n) is 1.72. The summed E-state index contributed by atoms with van der Waals surface area (Å²) in [5, 5.41) is 0.880. The minimum absolute atomic E-state index is 0.880. The van der Waals surface area contributed by atoms with Crippen molar-refractivity contribution in [2.45, 2.75) is 26.2 Å². The Kier molecular flexibility index (Phi) is 3.62. The highest BCUT2D eigenvalue weighted by Crippen LogP contribution is 2.29. The second-order valence-electron chi connectivity index (χ2n) is 4.00. The largest absolute Gasteiger partial charge is 0.391 e. The van der Waals surface area contributed by atoms with Gasteiger partial charge in [-0.15, -0.1) is 11.3 Å². The van der Waals surface area contributed by atoms with E-state index in [4.69, 9.17) is 5.73 Å². The summed E-state index contributed by atoms with van der Waals surface area (Å²) in [4.78, 5) is 1.25. The maximum Gasteiger partial charge on any atom is 0.0862 e. The van der Waals surface area contributed by atoms with Crippen LogP contribution in [0, 0.1) is 0 Å². The predicted octanol–water partition coefficient (Wildman–Crippen LogP) is 4.34. The zero-order valence-corrected chi connectivity index (χ0v) is 10.4. The minimum atomic E-state index is 0.880. The van der Waals surface area contributed by atoms with Crippen molar-refractivity contribution in [2.24, 2.45) is 0 Å². The Bertz CT molecular complexity index is 442. The highest BCUT2D eigenvalue weighted by atomic mass is 32.1. The molecule has 1 heterocycles. The molecule has 2 heteroatoms. The number of hydrogen-bond donors (Lipinski definition) is 1. The number of nitrogen functional groups attached to an aromatic ring is 1. The first-order chi connectivity index (χ1) is 7.79. The molecule has 1 nitrogen and oxygen atoms in total. The van der Waals surface area contributed by atoms with Crippen molar-refractivity contribution >= 4 is 16.3 Å². The molecule has 2 N–H and O–H groups in total. The monoisotopic (exact) mass is 231 g/mol. The second-order valence-corrected chi connectivity index (χ2v) is 5.12. The molecular weight excluding hydrogens is 214 g/mol. The summed E-state index contributed by atoms with van der Waals surface area (Å²) in [7, 11) is 0. The van der Waals surface area contributed by atoms with Crippen molar-refractivity contribution < 1.29 is 0 Å². The van der Waals surface area contributed by atoms with Gasteiger partial charge >= 0.3 is 0 Å². The zero-order valence-electron chi connectivity index (χ0n) is 9.57. The van der Waals surface area contributed by atoms with Crippen LogP contribution in [-0.2, 0) is 6.42 Å². The number of hydrogen-bond acceptors (Lipinski definition) is 2. The summed E-state index contributed by atoms with van der Waals surface area (Å²) in [6.45, 7) is 2.22.